The third-order valence-corrected chi connectivity index (χ3v) is 9.58. The maximum Gasteiger partial charge on any atom is 0.416 e. The van der Waals surface area contributed by atoms with Crippen LogP contribution in [0.3, 0.4) is 0 Å². The smallest absolute Gasteiger partial charge is 0.390 e. The lowest BCUT2D eigenvalue weighted by Gasteiger charge is -2.27. The standard InChI is InChI=1S/C37H38F3N5O6S/c1-52(50,51)45(29-13-6-11-26(18-29)35(41)48)31-20-27(19-30(21-31)44-15-7-14-34(44)47)36(49)43-32(17-24-8-3-2-4-9-24)33(46)23-42-22-25-10-5-12-28(16-25)37(38,39)40/h2-6,8-13,16,18-21,32-33,42,46H,7,14-15,17,22-23H2,1H3,(H2,41,48)(H,43,49)/t32-,33+/m0/s1. The number of benzene rings is 4. The zero-order valence-electron chi connectivity index (χ0n) is 28.1. The van der Waals surface area contributed by atoms with E-state index in [9.17, 15) is 41.1 Å². The van der Waals surface area contributed by atoms with Gasteiger partial charge in [0.25, 0.3) is 5.91 Å². The number of halogens is 3. The Morgan fingerprint density at radius 1 is 0.923 bits per heavy atom. The summed E-state index contributed by atoms with van der Waals surface area (Å²) in [6, 6.07) is 22.8. The van der Waals surface area contributed by atoms with Crippen molar-refractivity contribution in [3.05, 3.63) is 125 Å². The van der Waals surface area contributed by atoms with Crippen molar-refractivity contribution < 1.29 is 41.1 Å². The Hall–Kier alpha value is -5.25. The van der Waals surface area contributed by atoms with Crippen LogP contribution in [0.25, 0.3) is 0 Å². The predicted molar refractivity (Wildman–Crippen MR) is 191 cm³/mol. The van der Waals surface area contributed by atoms with Gasteiger partial charge in [-0.25, -0.2) is 12.7 Å². The minimum Gasteiger partial charge on any atom is -0.390 e. The van der Waals surface area contributed by atoms with E-state index in [1.165, 1.54) is 59.5 Å². The highest BCUT2D eigenvalue weighted by Crippen LogP contribution is 2.35. The van der Waals surface area contributed by atoms with Gasteiger partial charge in [-0.2, -0.15) is 13.2 Å². The van der Waals surface area contributed by atoms with Crippen molar-refractivity contribution in [2.75, 3.05) is 28.6 Å². The van der Waals surface area contributed by atoms with Gasteiger partial charge in [-0.1, -0.05) is 54.6 Å². The average molecular weight is 738 g/mol. The number of rotatable bonds is 14. The van der Waals surface area contributed by atoms with Crippen LogP contribution >= 0.6 is 0 Å². The molecule has 1 aliphatic heterocycles. The molecule has 4 aromatic rings. The van der Waals surface area contributed by atoms with Gasteiger partial charge < -0.3 is 26.4 Å². The maximum absolute atomic E-state index is 14.0. The monoisotopic (exact) mass is 737 g/mol. The van der Waals surface area contributed by atoms with Gasteiger partial charge in [0.2, 0.25) is 21.8 Å². The molecule has 11 nitrogen and oxygen atoms in total. The number of alkyl halides is 3. The molecule has 0 aromatic heterocycles. The van der Waals surface area contributed by atoms with Crippen LogP contribution in [0.1, 0.15) is 50.2 Å². The molecule has 0 bridgehead atoms. The molecule has 0 aliphatic carbocycles. The Morgan fingerprint density at radius 2 is 1.62 bits per heavy atom. The fraction of sp³-hybridized carbons (Fsp3) is 0.270. The summed E-state index contributed by atoms with van der Waals surface area (Å²) in [6.07, 6.45) is -3.78. The fourth-order valence-corrected chi connectivity index (χ4v) is 6.99. The second-order valence-corrected chi connectivity index (χ2v) is 14.3. The lowest BCUT2D eigenvalue weighted by Crippen LogP contribution is -2.48. The Balaban J connectivity index is 1.46. The summed E-state index contributed by atoms with van der Waals surface area (Å²) in [4.78, 5) is 40.2. The Kier molecular flexibility index (Phi) is 11.7. The molecule has 1 heterocycles. The van der Waals surface area contributed by atoms with E-state index in [2.05, 4.69) is 10.6 Å². The first-order valence-corrected chi connectivity index (χ1v) is 18.2. The van der Waals surface area contributed by atoms with Crippen LogP contribution in [0.4, 0.5) is 30.2 Å². The summed E-state index contributed by atoms with van der Waals surface area (Å²) in [7, 11) is -4.10. The van der Waals surface area contributed by atoms with Crippen molar-refractivity contribution in [3.8, 4) is 0 Å². The average Bonchev–Trinajstić information content (AvgIpc) is 3.53. The van der Waals surface area contributed by atoms with Gasteiger partial charge in [0.1, 0.15) is 0 Å². The summed E-state index contributed by atoms with van der Waals surface area (Å²) < 4.78 is 67.1. The van der Waals surface area contributed by atoms with Gasteiger partial charge in [-0.3, -0.25) is 14.4 Å². The number of hydrogen-bond donors (Lipinski definition) is 4. The molecule has 4 aromatic carbocycles. The van der Waals surface area contributed by atoms with Crippen molar-refractivity contribution in [2.24, 2.45) is 5.73 Å². The number of primary amides is 1. The van der Waals surface area contributed by atoms with E-state index in [0.29, 0.717) is 18.5 Å². The SMILES string of the molecule is CS(=O)(=O)N(c1cccc(C(N)=O)c1)c1cc(C(=O)N[C@@H](Cc2ccccc2)[C@H](O)CNCc2cccc(C(F)(F)F)c2)cc(N2CCCC2=O)c1. The summed E-state index contributed by atoms with van der Waals surface area (Å²) >= 11 is 0. The molecule has 0 radical (unpaired) electrons. The number of aliphatic hydroxyl groups is 1. The third kappa shape index (κ3) is 9.54. The van der Waals surface area contributed by atoms with Gasteiger partial charge in [0.05, 0.1) is 35.3 Å². The first kappa shape index (κ1) is 38.0. The van der Waals surface area contributed by atoms with Crippen LogP contribution in [0, 0.1) is 0 Å². The summed E-state index contributed by atoms with van der Waals surface area (Å²) in [5, 5.41) is 17.1. The molecule has 1 fully saturated rings. The lowest BCUT2D eigenvalue weighted by atomic mass is 10.00. The van der Waals surface area contributed by atoms with Crippen molar-refractivity contribution in [1.29, 1.82) is 0 Å². The minimum atomic E-state index is -4.51. The van der Waals surface area contributed by atoms with Crippen LogP contribution in [-0.2, 0) is 34.0 Å². The Bertz CT molecular complexity index is 2040. The molecule has 5 rings (SSSR count). The lowest BCUT2D eigenvalue weighted by molar-refractivity contribution is -0.137. The van der Waals surface area contributed by atoms with Crippen LogP contribution < -0.4 is 25.6 Å². The first-order valence-electron chi connectivity index (χ1n) is 16.4. The second kappa shape index (κ2) is 16.0. The highest BCUT2D eigenvalue weighted by atomic mass is 32.2. The largest absolute Gasteiger partial charge is 0.416 e. The second-order valence-electron chi connectivity index (χ2n) is 12.5. The highest BCUT2D eigenvalue weighted by molar-refractivity contribution is 7.92. The summed E-state index contributed by atoms with van der Waals surface area (Å²) in [5.74, 6) is -1.68. The van der Waals surface area contributed by atoms with E-state index in [0.717, 1.165) is 28.3 Å². The number of sulfonamides is 1. The Morgan fingerprint density at radius 3 is 2.27 bits per heavy atom. The van der Waals surface area contributed by atoms with Crippen molar-refractivity contribution in [1.82, 2.24) is 10.6 Å². The molecule has 0 unspecified atom stereocenters. The predicted octanol–water partition coefficient (Wildman–Crippen LogP) is 4.52. The zero-order chi connectivity index (χ0) is 37.6. The summed E-state index contributed by atoms with van der Waals surface area (Å²) in [5.41, 5.74) is 6.16. The molecular formula is C37H38F3N5O6S. The normalized spacial score (nSPS) is 14.6. The van der Waals surface area contributed by atoms with Gasteiger partial charge in [0.15, 0.2) is 0 Å². The Labute approximate surface area is 299 Å². The number of carbonyl (C=O) groups is 3. The van der Waals surface area contributed by atoms with Crippen LogP contribution in [-0.4, -0.2) is 62.7 Å². The van der Waals surface area contributed by atoms with E-state index in [4.69, 9.17) is 5.73 Å². The topological polar surface area (TPSA) is 162 Å². The molecule has 0 saturated carbocycles. The number of nitrogens with one attached hydrogen (secondary N) is 2. The number of nitrogens with two attached hydrogens (primary N) is 1. The third-order valence-electron chi connectivity index (χ3n) is 8.50. The van der Waals surface area contributed by atoms with Gasteiger partial charge in [-0.05, 0) is 66.4 Å². The number of amides is 3. The first-order chi connectivity index (χ1) is 24.6. The van der Waals surface area contributed by atoms with Crippen molar-refractivity contribution >= 4 is 44.8 Å². The molecule has 52 heavy (non-hydrogen) atoms. The maximum atomic E-state index is 14.0. The molecule has 1 aliphatic rings. The van der Waals surface area contributed by atoms with Gasteiger partial charge in [-0.15, -0.1) is 0 Å². The van der Waals surface area contributed by atoms with Gasteiger partial charge in [0, 0.05) is 42.9 Å². The number of anilines is 3. The highest BCUT2D eigenvalue weighted by Gasteiger charge is 2.31. The van der Waals surface area contributed by atoms with E-state index in [-0.39, 0.29) is 60.0 Å². The molecular weight excluding hydrogens is 699 g/mol. The molecule has 1 saturated heterocycles. The number of carbonyl (C=O) groups excluding carboxylic acids is 3. The van der Waals surface area contributed by atoms with Gasteiger partial charge >= 0.3 is 6.18 Å². The van der Waals surface area contributed by atoms with Crippen molar-refractivity contribution in [2.45, 2.75) is 44.1 Å². The molecule has 15 heteroatoms. The molecule has 5 N–H and O–H groups in total. The molecule has 2 atom stereocenters. The number of nitrogens with zero attached hydrogens (tertiary/aromatic N) is 2. The minimum absolute atomic E-state index is 0.00869. The molecule has 3 amide bonds. The van der Waals surface area contributed by atoms with E-state index in [1.807, 2.05) is 18.2 Å². The van der Waals surface area contributed by atoms with Crippen molar-refractivity contribution in [3.63, 3.8) is 0 Å². The van der Waals surface area contributed by atoms with E-state index >= 15 is 0 Å². The van der Waals surface area contributed by atoms with Crippen LogP contribution in [0.15, 0.2) is 97.1 Å². The van der Waals surface area contributed by atoms with Crippen LogP contribution in [0.2, 0.25) is 0 Å². The quantitative estimate of drug-likeness (QED) is 0.148. The van der Waals surface area contributed by atoms with E-state index < -0.39 is 45.7 Å². The fourth-order valence-electron chi connectivity index (χ4n) is 6.01. The zero-order valence-corrected chi connectivity index (χ0v) is 29.0. The van der Waals surface area contributed by atoms with Crippen LogP contribution in [0.5, 0.6) is 0 Å². The number of aliphatic hydroxyl groups excluding tert-OH is 1. The molecule has 0 spiro atoms. The number of hydrogen-bond acceptors (Lipinski definition) is 7. The molecule has 274 valence electrons. The summed E-state index contributed by atoms with van der Waals surface area (Å²) in [6.45, 7) is 0.256. The van der Waals surface area contributed by atoms with E-state index in [1.54, 1.807) is 12.1 Å².